The number of carboxylic acid groups (broad SMARTS) is 1. The fraction of sp³-hybridized carbons (Fsp3) is 0.667. The molecule has 5 nitrogen and oxygen atoms in total. The number of aromatic nitrogens is 2. The molecule has 0 amide bonds. The molecule has 1 aromatic heterocycles. The first-order valence-electron chi connectivity index (χ1n) is 6.12. The van der Waals surface area contributed by atoms with E-state index in [4.69, 9.17) is 5.11 Å². The Labute approximate surface area is 101 Å². The molecule has 0 spiro atoms. The Balaban J connectivity index is 2.35. The number of carboxylic acids is 1. The first-order chi connectivity index (χ1) is 8.11. The van der Waals surface area contributed by atoms with Crippen LogP contribution in [0.5, 0.6) is 0 Å². The van der Waals surface area contributed by atoms with Crippen LogP contribution in [-0.4, -0.2) is 33.9 Å². The molecular weight excluding hydrogens is 218 g/mol. The molecule has 0 aliphatic carbocycles. The lowest BCUT2D eigenvalue weighted by Crippen LogP contribution is -2.30. The zero-order chi connectivity index (χ0) is 12.4. The van der Waals surface area contributed by atoms with Gasteiger partial charge in [0.15, 0.2) is 0 Å². The summed E-state index contributed by atoms with van der Waals surface area (Å²) in [5, 5.41) is 16.8. The van der Waals surface area contributed by atoms with E-state index in [1.54, 1.807) is 0 Å². The van der Waals surface area contributed by atoms with Crippen molar-refractivity contribution < 1.29 is 9.90 Å². The van der Waals surface area contributed by atoms with Gasteiger partial charge in [-0.1, -0.05) is 13.8 Å². The number of carbonyl (C=O) groups is 1. The number of aromatic carboxylic acids is 1. The van der Waals surface area contributed by atoms with E-state index in [-0.39, 0.29) is 5.92 Å². The van der Waals surface area contributed by atoms with Gasteiger partial charge in [0.1, 0.15) is 5.56 Å². The summed E-state index contributed by atoms with van der Waals surface area (Å²) in [5.74, 6) is -0.702. The molecule has 1 saturated heterocycles. The molecule has 0 saturated carbocycles. The summed E-state index contributed by atoms with van der Waals surface area (Å²) in [6, 6.07) is 0.335. The molecule has 2 N–H and O–H groups in total. The van der Waals surface area contributed by atoms with E-state index in [9.17, 15) is 4.79 Å². The summed E-state index contributed by atoms with van der Waals surface area (Å²) in [5.41, 5.74) is 1.20. The topological polar surface area (TPSA) is 67.1 Å². The van der Waals surface area contributed by atoms with Crippen LogP contribution in [0.2, 0.25) is 0 Å². The van der Waals surface area contributed by atoms with Crippen LogP contribution < -0.4 is 5.32 Å². The van der Waals surface area contributed by atoms with E-state index in [0.717, 1.165) is 31.6 Å². The third-order valence-electron chi connectivity index (χ3n) is 3.27. The van der Waals surface area contributed by atoms with Crippen molar-refractivity contribution in [3.8, 4) is 0 Å². The lowest BCUT2D eigenvalue weighted by atomic mass is 10.0. The van der Waals surface area contributed by atoms with Gasteiger partial charge in [-0.15, -0.1) is 0 Å². The standard InChI is InChI=1S/C12H19N3O2/c1-8(2)11-10(12(16)17)7-14-15(11)9-3-5-13-6-4-9/h7-9,13H,3-6H2,1-2H3,(H,16,17). The van der Waals surface area contributed by atoms with Crippen molar-refractivity contribution in [2.45, 2.75) is 38.6 Å². The van der Waals surface area contributed by atoms with Crippen LogP contribution in [0.15, 0.2) is 6.20 Å². The van der Waals surface area contributed by atoms with Gasteiger partial charge < -0.3 is 10.4 Å². The second-order valence-corrected chi connectivity index (χ2v) is 4.83. The molecule has 1 aliphatic heterocycles. The summed E-state index contributed by atoms with van der Waals surface area (Å²) in [6.07, 6.45) is 3.51. The number of piperidine rings is 1. The molecule has 1 fully saturated rings. The average molecular weight is 237 g/mol. The third kappa shape index (κ3) is 2.34. The number of hydrogen-bond acceptors (Lipinski definition) is 3. The Hall–Kier alpha value is -1.36. The van der Waals surface area contributed by atoms with Crippen LogP contribution in [0.4, 0.5) is 0 Å². The van der Waals surface area contributed by atoms with Crippen LogP contribution in [0.3, 0.4) is 0 Å². The highest BCUT2D eigenvalue weighted by molar-refractivity contribution is 5.88. The first-order valence-corrected chi connectivity index (χ1v) is 6.12. The van der Waals surface area contributed by atoms with E-state index in [1.807, 2.05) is 18.5 Å². The van der Waals surface area contributed by atoms with Gasteiger partial charge in [-0.25, -0.2) is 4.79 Å². The van der Waals surface area contributed by atoms with Crippen molar-refractivity contribution >= 4 is 5.97 Å². The second-order valence-electron chi connectivity index (χ2n) is 4.83. The molecule has 2 heterocycles. The van der Waals surface area contributed by atoms with Gasteiger partial charge in [0.2, 0.25) is 0 Å². The largest absolute Gasteiger partial charge is 0.478 e. The maximum Gasteiger partial charge on any atom is 0.339 e. The highest BCUT2D eigenvalue weighted by atomic mass is 16.4. The van der Waals surface area contributed by atoms with Crippen molar-refractivity contribution in [1.82, 2.24) is 15.1 Å². The first kappa shape index (κ1) is 12.1. The second kappa shape index (κ2) is 4.87. The Morgan fingerprint density at radius 1 is 1.53 bits per heavy atom. The van der Waals surface area contributed by atoms with Gasteiger partial charge >= 0.3 is 5.97 Å². The molecule has 17 heavy (non-hydrogen) atoms. The van der Waals surface area contributed by atoms with E-state index in [2.05, 4.69) is 10.4 Å². The lowest BCUT2D eigenvalue weighted by Gasteiger charge is -2.25. The molecule has 0 aromatic carbocycles. The maximum absolute atomic E-state index is 11.2. The molecule has 0 atom stereocenters. The van der Waals surface area contributed by atoms with Crippen molar-refractivity contribution in [2.24, 2.45) is 0 Å². The fourth-order valence-corrected chi connectivity index (χ4v) is 2.45. The molecule has 2 rings (SSSR count). The Bertz CT molecular complexity index is 406. The highest BCUT2D eigenvalue weighted by Gasteiger charge is 2.24. The Morgan fingerprint density at radius 3 is 2.71 bits per heavy atom. The minimum Gasteiger partial charge on any atom is -0.478 e. The highest BCUT2D eigenvalue weighted by Crippen LogP contribution is 2.26. The smallest absolute Gasteiger partial charge is 0.339 e. The van der Waals surface area contributed by atoms with E-state index in [1.165, 1.54) is 6.20 Å². The molecule has 94 valence electrons. The minimum atomic E-state index is -0.881. The summed E-state index contributed by atoms with van der Waals surface area (Å²) in [6.45, 7) is 5.98. The van der Waals surface area contributed by atoms with Crippen molar-refractivity contribution in [1.29, 1.82) is 0 Å². The van der Waals surface area contributed by atoms with Crippen LogP contribution >= 0.6 is 0 Å². The molecule has 1 aromatic rings. The number of rotatable bonds is 3. The lowest BCUT2D eigenvalue weighted by molar-refractivity contribution is 0.0695. The predicted molar refractivity (Wildman–Crippen MR) is 64.4 cm³/mol. The van der Waals surface area contributed by atoms with E-state index in [0.29, 0.717) is 11.6 Å². The normalized spacial score (nSPS) is 17.6. The summed E-state index contributed by atoms with van der Waals surface area (Å²) < 4.78 is 1.93. The quantitative estimate of drug-likeness (QED) is 0.838. The van der Waals surface area contributed by atoms with Gasteiger partial charge in [0, 0.05) is 0 Å². The van der Waals surface area contributed by atoms with Gasteiger partial charge in [-0.3, -0.25) is 4.68 Å². The maximum atomic E-state index is 11.2. The van der Waals surface area contributed by atoms with Crippen LogP contribution in [0, 0.1) is 0 Å². The molecule has 0 unspecified atom stereocenters. The molecule has 0 bridgehead atoms. The molecule has 5 heteroatoms. The van der Waals surface area contributed by atoms with Gasteiger partial charge in [-0.05, 0) is 31.8 Å². The van der Waals surface area contributed by atoms with Crippen molar-refractivity contribution in [2.75, 3.05) is 13.1 Å². The monoisotopic (exact) mass is 237 g/mol. The van der Waals surface area contributed by atoms with Gasteiger partial charge in [0.05, 0.1) is 17.9 Å². The number of nitrogens with one attached hydrogen (secondary N) is 1. The number of hydrogen-bond donors (Lipinski definition) is 2. The summed E-state index contributed by atoms with van der Waals surface area (Å²) in [7, 11) is 0. The minimum absolute atomic E-state index is 0.179. The van der Waals surface area contributed by atoms with Crippen LogP contribution in [0.25, 0.3) is 0 Å². The van der Waals surface area contributed by atoms with Gasteiger partial charge in [0.25, 0.3) is 0 Å². The van der Waals surface area contributed by atoms with Crippen LogP contribution in [0.1, 0.15) is 54.7 Å². The van der Waals surface area contributed by atoms with Crippen molar-refractivity contribution in [3.05, 3.63) is 17.5 Å². The van der Waals surface area contributed by atoms with Crippen molar-refractivity contribution in [3.63, 3.8) is 0 Å². The SMILES string of the molecule is CC(C)c1c(C(=O)O)cnn1C1CCNCC1. The Morgan fingerprint density at radius 2 is 2.18 bits per heavy atom. The average Bonchev–Trinajstić information content (AvgIpc) is 2.74. The summed E-state index contributed by atoms with van der Waals surface area (Å²) >= 11 is 0. The summed E-state index contributed by atoms with van der Waals surface area (Å²) in [4.78, 5) is 11.2. The Kier molecular flexibility index (Phi) is 3.47. The predicted octanol–water partition coefficient (Wildman–Crippen LogP) is 1.63. The zero-order valence-electron chi connectivity index (χ0n) is 10.3. The molecule has 0 radical (unpaired) electrons. The molecule has 1 aliphatic rings. The van der Waals surface area contributed by atoms with E-state index >= 15 is 0 Å². The number of nitrogens with zero attached hydrogens (tertiary/aromatic N) is 2. The molecular formula is C12H19N3O2. The van der Waals surface area contributed by atoms with Gasteiger partial charge in [-0.2, -0.15) is 5.10 Å². The fourth-order valence-electron chi connectivity index (χ4n) is 2.45. The van der Waals surface area contributed by atoms with E-state index < -0.39 is 5.97 Å². The third-order valence-corrected chi connectivity index (χ3v) is 3.27. The van der Waals surface area contributed by atoms with Crippen LogP contribution in [-0.2, 0) is 0 Å². The zero-order valence-corrected chi connectivity index (χ0v) is 10.3.